The molecule has 3 aromatic rings. The number of aryl methyl sites for hydroxylation is 1. The first-order chi connectivity index (χ1) is 15.2. The van der Waals surface area contributed by atoms with Crippen LogP contribution < -0.4 is 0 Å². The maximum Gasteiger partial charge on any atom is 0.335 e. The summed E-state index contributed by atoms with van der Waals surface area (Å²) in [6.45, 7) is 0. The normalized spacial score (nSPS) is 30.3. The number of benzene rings is 3. The maximum atomic E-state index is 11.8. The molecule has 2 heteroatoms. The molecule has 2 bridgehead atoms. The molecule has 1 N–H and O–H groups in total. The van der Waals surface area contributed by atoms with Gasteiger partial charge in [0.05, 0.1) is 5.56 Å². The lowest BCUT2D eigenvalue weighted by Crippen LogP contribution is -2.17. The number of allylic oxidation sites excluding steroid dienone is 2. The standard InChI is InChI=1S/C29H26O2/c30-29(31)20-12-13-22-24(15-20)28(27-19-11-10-18(14-19)26(22)27)23-7-3-5-17-9-8-16-4-1-2-6-21(16)25(17)23/h1-2,4,6,8-9,12-13,15,18-19,26-27H,3,5,7,10-11,14H2,(H,30,31)/b28-23+/t18-,19+,26?,27?/m0/s1. The van der Waals surface area contributed by atoms with Crippen molar-refractivity contribution in [3.63, 3.8) is 0 Å². The summed E-state index contributed by atoms with van der Waals surface area (Å²) in [5, 5.41) is 12.4. The predicted octanol–water partition coefficient (Wildman–Crippen LogP) is 6.93. The molecule has 4 aliphatic carbocycles. The highest BCUT2D eigenvalue weighted by molar-refractivity contribution is 6.05. The van der Waals surface area contributed by atoms with E-state index in [-0.39, 0.29) is 0 Å². The largest absolute Gasteiger partial charge is 0.478 e. The Kier molecular flexibility index (Phi) is 3.62. The Morgan fingerprint density at radius 1 is 0.903 bits per heavy atom. The number of carboxylic acid groups (broad SMARTS) is 1. The summed E-state index contributed by atoms with van der Waals surface area (Å²) in [7, 11) is 0. The zero-order valence-electron chi connectivity index (χ0n) is 17.6. The number of fused-ring (bicyclic) bond motifs is 10. The van der Waals surface area contributed by atoms with Gasteiger partial charge in [-0.2, -0.15) is 0 Å². The van der Waals surface area contributed by atoms with E-state index in [1.54, 1.807) is 0 Å². The van der Waals surface area contributed by atoms with Crippen LogP contribution in [0, 0.1) is 17.8 Å². The van der Waals surface area contributed by atoms with Crippen LogP contribution in [-0.4, -0.2) is 11.1 Å². The van der Waals surface area contributed by atoms with Gasteiger partial charge >= 0.3 is 5.97 Å². The fourth-order valence-electron chi connectivity index (χ4n) is 7.64. The molecule has 154 valence electrons. The lowest BCUT2D eigenvalue weighted by atomic mass is 9.74. The highest BCUT2D eigenvalue weighted by Crippen LogP contribution is 2.67. The third-order valence-electron chi connectivity index (χ3n) is 8.71. The fraction of sp³-hybridized carbons (Fsp3) is 0.345. The van der Waals surface area contributed by atoms with E-state index < -0.39 is 5.97 Å². The fourth-order valence-corrected chi connectivity index (χ4v) is 7.64. The zero-order chi connectivity index (χ0) is 20.7. The second-order valence-corrected chi connectivity index (χ2v) is 10.1. The van der Waals surface area contributed by atoms with Crippen LogP contribution in [0.5, 0.6) is 0 Å². The molecule has 0 spiro atoms. The van der Waals surface area contributed by atoms with Crippen LogP contribution in [-0.2, 0) is 6.42 Å². The van der Waals surface area contributed by atoms with E-state index in [0.29, 0.717) is 17.4 Å². The average molecular weight is 407 g/mol. The molecule has 2 fully saturated rings. The van der Waals surface area contributed by atoms with Crippen LogP contribution in [0.25, 0.3) is 21.9 Å². The van der Waals surface area contributed by atoms with Crippen molar-refractivity contribution < 1.29 is 9.90 Å². The molecule has 2 nitrogen and oxygen atoms in total. The van der Waals surface area contributed by atoms with Gasteiger partial charge in [0.1, 0.15) is 0 Å². The minimum absolute atomic E-state index is 0.429. The van der Waals surface area contributed by atoms with Gasteiger partial charge in [0.2, 0.25) is 0 Å². The number of rotatable bonds is 1. The van der Waals surface area contributed by atoms with Gasteiger partial charge in [-0.25, -0.2) is 4.79 Å². The van der Waals surface area contributed by atoms with Crippen LogP contribution in [0.1, 0.15) is 70.6 Å². The van der Waals surface area contributed by atoms with Crippen molar-refractivity contribution in [1.29, 1.82) is 0 Å². The summed E-state index contributed by atoms with van der Waals surface area (Å²) in [6.07, 6.45) is 7.46. The third kappa shape index (κ3) is 2.36. The van der Waals surface area contributed by atoms with Crippen LogP contribution in [0.3, 0.4) is 0 Å². The maximum absolute atomic E-state index is 11.8. The van der Waals surface area contributed by atoms with Crippen LogP contribution in [0.4, 0.5) is 0 Å². The highest BCUT2D eigenvalue weighted by atomic mass is 16.4. The van der Waals surface area contributed by atoms with Gasteiger partial charge in [-0.3, -0.25) is 0 Å². The Morgan fingerprint density at radius 2 is 1.74 bits per heavy atom. The smallest absolute Gasteiger partial charge is 0.335 e. The molecule has 3 aromatic carbocycles. The average Bonchev–Trinajstić information content (AvgIpc) is 3.50. The molecule has 31 heavy (non-hydrogen) atoms. The molecular weight excluding hydrogens is 380 g/mol. The van der Waals surface area contributed by atoms with Crippen molar-refractivity contribution in [2.24, 2.45) is 17.8 Å². The molecule has 0 aromatic heterocycles. The topological polar surface area (TPSA) is 37.3 Å². The van der Waals surface area contributed by atoms with Gasteiger partial charge in [0, 0.05) is 0 Å². The van der Waals surface area contributed by atoms with E-state index in [0.717, 1.165) is 24.7 Å². The number of hydrogen-bond acceptors (Lipinski definition) is 1. The molecule has 2 unspecified atom stereocenters. The molecule has 0 saturated heterocycles. The van der Waals surface area contributed by atoms with E-state index in [1.807, 2.05) is 12.1 Å². The van der Waals surface area contributed by atoms with Crippen LogP contribution in [0.2, 0.25) is 0 Å². The summed E-state index contributed by atoms with van der Waals surface area (Å²) in [5.41, 5.74) is 9.05. The number of hydrogen-bond donors (Lipinski definition) is 1. The van der Waals surface area contributed by atoms with Crippen molar-refractivity contribution >= 4 is 27.9 Å². The Hall–Kier alpha value is -2.87. The summed E-state index contributed by atoms with van der Waals surface area (Å²) >= 11 is 0. The molecule has 2 saturated carbocycles. The quantitative estimate of drug-likeness (QED) is 0.476. The Bertz CT molecular complexity index is 1300. The zero-order valence-corrected chi connectivity index (χ0v) is 17.6. The highest BCUT2D eigenvalue weighted by Gasteiger charge is 2.54. The van der Waals surface area contributed by atoms with Crippen molar-refractivity contribution in [3.05, 3.63) is 82.4 Å². The summed E-state index contributed by atoms with van der Waals surface area (Å²) in [6, 6.07) is 19.4. The molecule has 0 aliphatic heterocycles. The third-order valence-corrected chi connectivity index (χ3v) is 8.71. The van der Waals surface area contributed by atoms with E-state index in [4.69, 9.17) is 0 Å². The minimum atomic E-state index is -0.818. The van der Waals surface area contributed by atoms with Crippen molar-refractivity contribution in [1.82, 2.24) is 0 Å². The lowest BCUT2D eigenvalue weighted by Gasteiger charge is -2.30. The van der Waals surface area contributed by atoms with E-state index in [2.05, 4.69) is 42.5 Å². The molecule has 4 aliphatic rings. The Labute approximate surface area is 182 Å². The van der Waals surface area contributed by atoms with Crippen molar-refractivity contribution in [3.8, 4) is 0 Å². The van der Waals surface area contributed by atoms with Crippen LogP contribution >= 0.6 is 0 Å². The summed E-state index contributed by atoms with van der Waals surface area (Å²) in [4.78, 5) is 11.8. The minimum Gasteiger partial charge on any atom is -0.478 e. The van der Waals surface area contributed by atoms with Gasteiger partial charge in [-0.15, -0.1) is 0 Å². The predicted molar refractivity (Wildman–Crippen MR) is 124 cm³/mol. The Balaban J connectivity index is 1.56. The Morgan fingerprint density at radius 3 is 2.61 bits per heavy atom. The van der Waals surface area contributed by atoms with Gasteiger partial charge in [0.15, 0.2) is 0 Å². The monoisotopic (exact) mass is 406 g/mol. The first-order valence-corrected chi connectivity index (χ1v) is 11.8. The molecular formula is C29H26O2. The molecule has 0 heterocycles. The van der Waals surface area contributed by atoms with Gasteiger partial charge in [-0.1, -0.05) is 42.5 Å². The number of carboxylic acids is 1. The number of carbonyl (C=O) groups is 1. The van der Waals surface area contributed by atoms with E-state index in [1.165, 1.54) is 69.9 Å². The van der Waals surface area contributed by atoms with Gasteiger partial charge in [-0.05, 0) is 119 Å². The first kappa shape index (κ1) is 17.8. The van der Waals surface area contributed by atoms with Crippen molar-refractivity contribution in [2.45, 2.75) is 44.4 Å². The van der Waals surface area contributed by atoms with Crippen LogP contribution in [0.15, 0.2) is 54.6 Å². The molecule has 4 atom stereocenters. The lowest BCUT2D eigenvalue weighted by molar-refractivity contribution is 0.0697. The van der Waals surface area contributed by atoms with E-state index >= 15 is 0 Å². The van der Waals surface area contributed by atoms with E-state index in [9.17, 15) is 9.90 Å². The summed E-state index contributed by atoms with van der Waals surface area (Å²) in [5.74, 6) is 1.90. The molecule has 0 amide bonds. The first-order valence-electron chi connectivity index (χ1n) is 11.8. The summed E-state index contributed by atoms with van der Waals surface area (Å²) < 4.78 is 0. The SMILES string of the molecule is O=C(O)c1ccc2c(c1)/C(=C1/CCCc3ccc4ccccc4c31)C1C2[C@H]2CC[C@@H]1C2. The van der Waals surface area contributed by atoms with Gasteiger partial charge in [0.25, 0.3) is 0 Å². The molecule has 7 rings (SSSR count). The molecule has 0 radical (unpaired) electrons. The number of aromatic carboxylic acids is 1. The second kappa shape index (κ2) is 6.32. The van der Waals surface area contributed by atoms with Crippen molar-refractivity contribution in [2.75, 3.05) is 0 Å². The van der Waals surface area contributed by atoms with Gasteiger partial charge < -0.3 is 5.11 Å². The second-order valence-electron chi connectivity index (χ2n) is 10.1.